The van der Waals surface area contributed by atoms with Gasteiger partial charge >= 0.3 is 0 Å². The van der Waals surface area contributed by atoms with Gasteiger partial charge in [0, 0.05) is 24.0 Å². The van der Waals surface area contributed by atoms with Gasteiger partial charge in [0.05, 0.1) is 5.39 Å². The average molecular weight is 264 g/mol. The molecule has 1 saturated heterocycles. The highest BCUT2D eigenvalue weighted by Crippen LogP contribution is 2.29. The number of hydrogen-bond acceptors (Lipinski definition) is 4. The molecule has 2 aromatic rings. The van der Waals surface area contributed by atoms with Crippen molar-refractivity contribution in [3.8, 4) is 0 Å². The first-order valence-electron chi connectivity index (χ1n) is 6.24. The van der Waals surface area contributed by atoms with Crippen molar-refractivity contribution in [1.29, 1.82) is 0 Å². The van der Waals surface area contributed by atoms with E-state index in [1.54, 1.807) is 11.3 Å². The number of rotatable bonds is 1. The Labute approximate surface area is 109 Å². The number of thiophene rings is 1. The molecule has 0 amide bonds. The van der Waals surface area contributed by atoms with Crippen LogP contribution in [0, 0.1) is 13.8 Å². The molecule has 1 N–H and O–H groups in total. The molecule has 3 rings (SSSR count). The second kappa shape index (κ2) is 4.48. The number of ether oxygens (including phenoxy) is 1. The summed E-state index contributed by atoms with van der Waals surface area (Å²) in [7, 11) is 0. The molecule has 0 spiro atoms. The number of nitrogens with zero attached hydrogens (tertiary/aromatic N) is 1. The molecule has 0 bridgehead atoms. The van der Waals surface area contributed by atoms with Crippen LogP contribution in [0.2, 0.25) is 0 Å². The zero-order valence-electron chi connectivity index (χ0n) is 10.6. The van der Waals surface area contributed by atoms with Gasteiger partial charge < -0.3 is 9.72 Å². The Bertz CT molecular complexity index is 638. The lowest BCUT2D eigenvalue weighted by Crippen LogP contribution is -2.20. The molecule has 0 radical (unpaired) electrons. The summed E-state index contributed by atoms with van der Waals surface area (Å²) >= 11 is 1.61. The Kier molecular flexibility index (Phi) is 2.95. The summed E-state index contributed by atoms with van der Waals surface area (Å²) in [6.45, 7) is 5.54. The van der Waals surface area contributed by atoms with Crippen molar-refractivity contribution < 1.29 is 4.74 Å². The maximum absolute atomic E-state index is 12.2. The van der Waals surface area contributed by atoms with Gasteiger partial charge in [-0.2, -0.15) is 0 Å². The molecule has 0 unspecified atom stereocenters. The highest BCUT2D eigenvalue weighted by molar-refractivity contribution is 7.18. The van der Waals surface area contributed by atoms with E-state index in [1.165, 1.54) is 4.88 Å². The number of aromatic nitrogens is 2. The largest absolute Gasteiger partial charge is 0.381 e. The third kappa shape index (κ3) is 1.87. The first-order valence-corrected chi connectivity index (χ1v) is 7.06. The van der Waals surface area contributed by atoms with E-state index >= 15 is 0 Å². The van der Waals surface area contributed by atoms with E-state index < -0.39 is 0 Å². The lowest BCUT2D eigenvalue weighted by molar-refractivity contribution is 0.0836. The zero-order chi connectivity index (χ0) is 12.7. The number of H-pyrrole nitrogens is 1. The minimum Gasteiger partial charge on any atom is -0.381 e. The summed E-state index contributed by atoms with van der Waals surface area (Å²) in [5.41, 5.74) is 1.06. The topological polar surface area (TPSA) is 55.0 Å². The van der Waals surface area contributed by atoms with Crippen LogP contribution in [0.3, 0.4) is 0 Å². The van der Waals surface area contributed by atoms with E-state index in [9.17, 15) is 4.79 Å². The van der Waals surface area contributed by atoms with Gasteiger partial charge in [0.25, 0.3) is 5.56 Å². The summed E-state index contributed by atoms with van der Waals surface area (Å²) in [5, 5.41) is 0.758. The highest BCUT2D eigenvalue weighted by atomic mass is 32.1. The third-order valence-corrected chi connectivity index (χ3v) is 4.77. The smallest absolute Gasteiger partial charge is 0.259 e. The van der Waals surface area contributed by atoms with Gasteiger partial charge in [-0.05, 0) is 32.3 Å². The highest BCUT2D eigenvalue weighted by Gasteiger charge is 2.20. The van der Waals surface area contributed by atoms with E-state index in [0.29, 0.717) is 5.92 Å². The number of aromatic amines is 1. The molecule has 0 atom stereocenters. The van der Waals surface area contributed by atoms with Crippen LogP contribution in [-0.4, -0.2) is 23.2 Å². The van der Waals surface area contributed by atoms with Gasteiger partial charge in [0.2, 0.25) is 0 Å². The van der Waals surface area contributed by atoms with Crippen LogP contribution in [0.4, 0.5) is 0 Å². The van der Waals surface area contributed by atoms with Gasteiger partial charge in [-0.3, -0.25) is 4.79 Å². The number of aryl methyl sites for hydroxylation is 2. The van der Waals surface area contributed by atoms with E-state index in [4.69, 9.17) is 4.74 Å². The standard InChI is InChI=1S/C13H16N2O2S/c1-7-8(2)18-13-10(7)12(16)14-11(15-13)9-3-5-17-6-4-9/h9H,3-6H2,1-2H3,(H,14,15,16). The maximum Gasteiger partial charge on any atom is 0.259 e. The van der Waals surface area contributed by atoms with Crippen LogP contribution in [0.15, 0.2) is 4.79 Å². The Hall–Kier alpha value is -1.20. The predicted molar refractivity (Wildman–Crippen MR) is 72.5 cm³/mol. The second-order valence-electron chi connectivity index (χ2n) is 4.80. The molecular formula is C13H16N2O2S. The monoisotopic (exact) mass is 264 g/mol. The number of nitrogens with one attached hydrogen (secondary N) is 1. The maximum atomic E-state index is 12.2. The van der Waals surface area contributed by atoms with Gasteiger partial charge in [0.1, 0.15) is 10.7 Å². The predicted octanol–water partition coefficient (Wildman–Crippen LogP) is 2.50. The molecule has 4 nitrogen and oxygen atoms in total. The van der Waals surface area contributed by atoms with Gasteiger partial charge in [-0.25, -0.2) is 4.98 Å². The third-order valence-electron chi connectivity index (χ3n) is 3.67. The SMILES string of the molecule is Cc1sc2nc(C3CCOCC3)[nH]c(=O)c2c1C. The average Bonchev–Trinajstić information content (AvgIpc) is 2.66. The summed E-state index contributed by atoms with van der Waals surface area (Å²) in [4.78, 5) is 21.8. The van der Waals surface area contributed by atoms with Crippen LogP contribution in [0.1, 0.15) is 35.0 Å². The number of hydrogen-bond donors (Lipinski definition) is 1. The molecular weight excluding hydrogens is 248 g/mol. The molecule has 1 aliphatic heterocycles. The summed E-state index contributed by atoms with van der Waals surface area (Å²) < 4.78 is 5.34. The fraction of sp³-hybridized carbons (Fsp3) is 0.538. The van der Waals surface area contributed by atoms with Gasteiger partial charge in [0.15, 0.2) is 0 Å². The van der Waals surface area contributed by atoms with Crippen molar-refractivity contribution in [1.82, 2.24) is 9.97 Å². The first kappa shape index (κ1) is 11.9. The molecule has 0 aromatic carbocycles. The van der Waals surface area contributed by atoms with Crippen LogP contribution in [0.25, 0.3) is 10.2 Å². The Morgan fingerprint density at radius 2 is 2.06 bits per heavy atom. The molecule has 5 heteroatoms. The molecule has 1 aliphatic rings. The quantitative estimate of drug-likeness (QED) is 0.861. The van der Waals surface area contributed by atoms with Crippen LogP contribution >= 0.6 is 11.3 Å². The molecule has 2 aromatic heterocycles. The summed E-state index contributed by atoms with van der Waals surface area (Å²) in [6, 6.07) is 0. The fourth-order valence-electron chi connectivity index (χ4n) is 2.44. The van der Waals surface area contributed by atoms with E-state index in [0.717, 1.165) is 47.7 Å². The second-order valence-corrected chi connectivity index (χ2v) is 6.00. The minimum atomic E-state index is 0.00309. The minimum absolute atomic E-state index is 0.00309. The van der Waals surface area contributed by atoms with Gasteiger partial charge in [-0.1, -0.05) is 0 Å². The van der Waals surface area contributed by atoms with Crippen molar-refractivity contribution >= 4 is 21.6 Å². The van der Waals surface area contributed by atoms with Crippen molar-refractivity contribution in [3.05, 3.63) is 26.6 Å². The van der Waals surface area contributed by atoms with Crippen LogP contribution in [0.5, 0.6) is 0 Å². The molecule has 96 valence electrons. The van der Waals surface area contributed by atoms with Gasteiger partial charge in [-0.15, -0.1) is 11.3 Å². The Morgan fingerprint density at radius 1 is 1.33 bits per heavy atom. The first-order chi connectivity index (χ1) is 8.66. The normalized spacial score (nSPS) is 17.4. The van der Waals surface area contributed by atoms with Crippen molar-refractivity contribution in [3.63, 3.8) is 0 Å². The lowest BCUT2D eigenvalue weighted by Gasteiger charge is -2.20. The van der Waals surface area contributed by atoms with E-state index in [2.05, 4.69) is 9.97 Å². The molecule has 1 fully saturated rings. The molecule has 18 heavy (non-hydrogen) atoms. The fourth-order valence-corrected chi connectivity index (χ4v) is 3.47. The summed E-state index contributed by atoms with van der Waals surface area (Å²) in [5.74, 6) is 1.16. The van der Waals surface area contributed by atoms with E-state index in [-0.39, 0.29) is 5.56 Å². The molecule has 0 aliphatic carbocycles. The molecule has 0 saturated carbocycles. The van der Waals surface area contributed by atoms with Crippen LogP contribution < -0.4 is 5.56 Å². The van der Waals surface area contributed by atoms with Crippen molar-refractivity contribution in [2.75, 3.05) is 13.2 Å². The van der Waals surface area contributed by atoms with E-state index in [1.807, 2.05) is 13.8 Å². The van der Waals surface area contributed by atoms with Crippen LogP contribution in [-0.2, 0) is 4.74 Å². The van der Waals surface area contributed by atoms with Crippen molar-refractivity contribution in [2.45, 2.75) is 32.6 Å². The molecule has 3 heterocycles. The Morgan fingerprint density at radius 3 is 2.78 bits per heavy atom. The van der Waals surface area contributed by atoms with Crippen molar-refractivity contribution in [2.24, 2.45) is 0 Å². The summed E-state index contributed by atoms with van der Waals surface area (Å²) in [6.07, 6.45) is 1.88. The Balaban J connectivity index is 2.12. The number of fused-ring (bicyclic) bond motifs is 1. The lowest BCUT2D eigenvalue weighted by atomic mass is 9.99. The zero-order valence-corrected chi connectivity index (χ0v) is 11.4.